The molecule has 4 heteroatoms. The molecule has 0 saturated carbocycles. The van der Waals surface area contributed by atoms with Crippen molar-refractivity contribution in [1.82, 2.24) is 4.90 Å². The van der Waals surface area contributed by atoms with Gasteiger partial charge in [-0.1, -0.05) is 6.58 Å². The number of hydrogen-bond donors (Lipinski definition) is 0. The molecule has 0 atom stereocenters. The first-order valence-electron chi connectivity index (χ1n) is 2.84. The van der Waals surface area contributed by atoms with Crippen LogP contribution in [0.15, 0.2) is 12.7 Å². The van der Waals surface area contributed by atoms with Crippen molar-refractivity contribution in [1.29, 1.82) is 0 Å². The second-order valence-electron chi connectivity index (χ2n) is 2.25. The molecule has 1 fully saturated rings. The first kappa shape index (κ1) is 7.18. The lowest BCUT2D eigenvalue weighted by Crippen LogP contribution is -2.57. The molecule has 1 amide bonds. The average Bonchev–Trinajstić information content (AvgIpc) is 1.81. The summed E-state index contributed by atoms with van der Waals surface area (Å²) >= 11 is 0. The molecule has 0 aromatic rings. The van der Waals surface area contributed by atoms with Gasteiger partial charge in [0.05, 0.1) is 13.1 Å². The molecule has 0 bridgehead atoms. The second kappa shape index (κ2) is 2.04. The molecular weight excluding hydrogens is 140 g/mol. The van der Waals surface area contributed by atoms with Crippen molar-refractivity contribution in [3.05, 3.63) is 12.7 Å². The Bertz CT molecular complexity index is 171. The number of nitrogens with zero attached hydrogens (tertiary/aromatic N) is 1. The van der Waals surface area contributed by atoms with Gasteiger partial charge >= 0.3 is 0 Å². The predicted molar refractivity (Wildman–Crippen MR) is 31.7 cm³/mol. The standard InChI is InChI=1S/C6H7F2NO/c1-2-5(10)9-3-6(7,8)4-9/h2H,1,3-4H2. The van der Waals surface area contributed by atoms with Crippen LogP contribution in [-0.4, -0.2) is 29.8 Å². The van der Waals surface area contributed by atoms with Gasteiger partial charge in [0.25, 0.3) is 5.92 Å². The van der Waals surface area contributed by atoms with E-state index in [1.54, 1.807) is 0 Å². The van der Waals surface area contributed by atoms with Crippen LogP contribution >= 0.6 is 0 Å². The average molecular weight is 147 g/mol. The monoisotopic (exact) mass is 147 g/mol. The topological polar surface area (TPSA) is 20.3 Å². The van der Waals surface area contributed by atoms with Crippen LogP contribution in [0.1, 0.15) is 0 Å². The van der Waals surface area contributed by atoms with E-state index in [2.05, 4.69) is 6.58 Å². The van der Waals surface area contributed by atoms with Crippen LogP contribution in [-0.2, 0) is 4.79 Å². The van der Waals surface area contributed by atoms with Crippen molar-refractivity contribution in [2.75, 3.05) is 13.1 Å². The maximum atomic E-state index is 12.1. The molecule has 2 nitrogen and oxygen atoms in total. The molecule has 0 aromatic heterocycles. The summed E-state index contributed by atoms with van der Waals surface area (Å²) in [4.78, 5) is 11.6. The Hall–Kier alpha value is -0.930. The van der Waals surface area contributed by atoms with E-state index in [1.807, 2.05) is 0 Å². The molecular formula is C6H7F2NO. The SMILES string of the molecule is C=CC(=O)N1CC(F)(F)C1. The highest BCUT2D eigenvalue weighted by molar-refractivity contribution is 5.87. The van der Waals surface area contributed by atoms with Crippen molar-refractivity contribution in [3.63, 3.8) is 0 Å². The fourth-order valence-corrected chi connectivity index (χ4v) is 0.797. The van der Waals surface area contributed by atoms with Gasteiger partial charge < -0.3 is 4.90 Å². The molecule has 0 radical (unpaired) electrons. The minimum atomic E-state index is -2.67. The van der Waals surface area contributed by atoms with Crippen LogP contribution < -0.4 is 0 Å². The van der Waals surface area contributed by atoms with Crippen LogP contribution in [0.3, 0.4) is 0 Å². The maximum absolute atomic E-state index is 12.1. The van der Waals surface area contributed by atoms with Gasteiger partial charge in [-0.05, 0) is 6.08 Å². The molecule has 1 aliphatic rings. The lowest BCUT2D eigenvalue weighted by molar-refractivity contribution is -0.160. The third-order valence-corrected chi connectivity index (χ3v) is 1.33. The summed E-state index contributed by atoms with van der Waals surface area (Å²) in [7, 11) is 0. The quantitative estimate of drug-likeness (QED) is 0.498. The summed E-state index contributed by atoms with van der Waals surface area (Å²) in [6.07, 6.45) is 1.04. The molecule has 56 valence electrons. The minimum absolute atomic E-state index is 0.425. The number of carbonyl (C=O) groups excluding carboxylic acids is 1. The molecule has 0 spiro atoms. The van der Waals surface area contributed by atoms with Crippen LogP contribution in [0, 0.1) is 0 Å². The van der Waals surface area contributed by atoms with Gasteiger partial charge in [-0.3, -0.25) is 4.79 Å². The van der Waals surface area contributed by atoms with Crippen LogP contribution in [0.5, 0.6) is 0 Å². The number of hydrogen-bond acceptors (Lipinski definition) is 1. The molecule has 1 heterocycles. The first-order chi connectivity index (χ1) is 4.55. The van der Waals surface area contributed by atoms with E-state index in [9.17, 15) is 13.6 Å². The molecule has 0 unspecified atom stereocenters. The zero-order valence-electron chi connectivity index (χ0n) is 5.31. The summed E-state index contributed by atoms with van der Waals surface area (Å²) in [5.74, 6) is -3.09. The van der Waals surface area contributed by atoms with E-state index in [0.717, 1.165) is 11.0 Å². The van der Waals surface area contributed by atoms with Gasteiger partial charge in [-0.15, -0.1) is 0 Å². The normalized spacial score (nSPS) is 21.6. The molecule has 10 heavy (non-hydrogen) atoms. The van der Waals surface area contributed by atoms with E-state index >= 15 is 0 Å². The summed E-state index contributed by atoms with van der Waals surface area (Å²) in [6, 6.07) is 0. The van der Waals surface area contributed by atoms with Gasteiger partial charge in [0.15, 0.2) is 0 Å². The molecule has 1 aliphatic heterocycles. The Morgan fingerprint density at radius 1 is 1.60 bits per heavy atom. The van der Waals surface area contributed by atoms with E-state index < -0.39 is 24.9 Å². The van der Waals surface area contributed by atoms with Gasteiger partial charge in [-0.2, -0.15) is 0 Å². The van der Waals surface area contributed by atoms with Crippen LogP contribution in [0.25, 0.3) is 0 Å². The molecule has 0 aliphatic carbocycles. The van der Waals surface area contributed by atoms with Gasteiger partial charge in [0.2, 0.25) is 5.91 Å². The lowest BCUT2D eigenvalue weighted by atomic mass is 10.1. The fourth-order valence-electron chi connectivity index (χ4n) is 0.797. The Balaban J connectivity index is 2.39. The molecule has 0 N–H and O–H groups in total. The Labute approximate surface area is 57.1 Å². The predicted octanol–water partition coefficient (Wildman–Crippen LogP) is 0.650. The fraction of sp³-hybridized carbons (Fsp3) is 0.500. The summed E-state index contributed by atoms with van der Waals surface area (Å²) in [6.45, 7) is 2.25. The van der Waals surface area contributed by atoms with Gasteiger partial charge in [0.1, 0.15) is 0 Å². The summed E-state index contributed by atoms with van der Waals surface area (Å²) in [5.41, 5.74) is 0. The Morgan fingerprint density at radius 2 is 2.10 bits per heavy atom. The summed E-state index contributed by atoms with van der Waals surface area (Å²) < 4.78 is 24.1. The van der Waals surface area contributed by atoms with E-state index in [0.29, 0.717) is 0 Å². The van der Waals surface area contributed by atoms with E-state index in [-0.39, 0.29) is 0 Å². The minimum Gasteiger partial charge on any atom is -0.327 e. The van der Waals surface area contributed by atoms with Crippen molar-refractivity contribution in [2.24, 2.45) is 0 Å². The van der Waals surface area contributed by atoms with Gasteiger partial charge in [-0.25, -0.2) is 8.78 Å². The smallest absolute Gasteiger partial charge is 0.282 e. The third-order valence-electron chi connectivity index (χ3n) is 1.33. The van der Waals surface area contributed by atoms with Crippen molar-refractivity contribution < 1.29 is 13.6 Å². The highest BCUT2D eigenvalue weighted by Crippen LogP contribution is 2.26. The first-order valence-corrected chi connectivity index (χ1v) is 2.84. The van der Waals surface area contributed by atoms with Gasteiger partial charge in [0, 0.05) is 0 Å². The zero-order chi connectivity index (χ0) is 7.78. The maximum Gasteiger partial charge on any atom is 0.282 e. The zero-order valence-corrected chi connectivity index (χ0v) is 5.31. The van der Waals surface area contributed by atoms with Crippen LogP contribution in [0.4, 0.5) is 8.78 Å². The number of halogens is 2. The number of amides is 1. The largest absolute Gasteiger partial charge is 0.327 e. The lowest BCUT2D eigenvalue weighted by Gasteiger charge is -2.37. The molecule has 1 saturated heterocycles. The Kier molecular flexibility index (Phi) is 1.46. The number of alkyl halides is 2. The Morgan fingerprint density at radius 3 is 2.40 bits per heavy atom. The van der Waals surface area contributed by atoms with Crippen LogP contribution in [0.2, 0.25) is 0 Å². The second-order valence-corrected chi connectivity index (χ2v) is 2.25. The van der Waals surface area contributed by atoms with Crippen molar-refractivity contribution >= 4 is 5.91 Å². The van der Waals surface area contributed by atoms with Crippen molar-refractivity contribution in [2.45, 2.75) is 5.92 Å². The number of carbonyl (C=O) groups is 1. The van der Waals surface area contributed by atoms with Crippen molar-refractivity contribution in [3.8, 4) is 0 Å². The summed E-state index contributed by atoms with van der Waals surface area (Å²) in [5, 5.41) is 0. The molecule has 1 rings (SSSR count). The molecule has 0 aromatic carbocycles. The third kappa shape index (κ3) is 1.15. The van der Waals surface area contributed by atoms with E-state index in [1.165, 1.54) is 0 Å². The highest BCUT2D eigenvalue weighted by Gasteiger charge is 2.45. The number of likely N-dealkylation sites (tertiary alicyclic amines) is 1. The number of rotatable bonds is 1. The van der Waals surface area contributed by atoms with E-state index in [4.69, 9.17) is 0 Å². The highest BCUT2D eigenvalue weighted by atomic mass is 19.3.